The average molecular weight is 358 g/mol. The van der Waals surface area contributed by atoms with E-state index in [1.165, 1.54) is 0 Å². The molecule has 6 atom stereocenters. The minimum atomic E-state index is -0.786. The summed E-state index contributed by atoms with van der Waals surface area (Å²) in [6.45, 7) is 2.17. The first-order valence-electron chi connectivity index (χ1n) is 9.29. The quantitative estimate of drug-likeness (QED) is 0.777. The molecule has 2 aliphatic heterocycles. The number of hydrogen-bond acceptors (Lipinski definition) is 6. The Labute approximate surface area is 151 Å². The molecule has 1 aromatic rings. The minimum Gasteiger partial charge on any atom is -0.472 e. The van der Waals surface area contributed by atoms with Gasteiger partial charge in [-0.15, -0.1) is 0 Å². The van der Waals surface area contributed by atoms with E-state index in [1.54, 1.807) is 12.5 Å². The zero-order chi connectivity index (χ0) is 18.1. The van der Waals surface area contributed by atoms with E-state index in [1.807, 2.05) is 19.1 Å². The van der Waals surface area contributed by atoms with Gasteiger partial charge < -0.3 is 19.0 Å². The molecule has 4 aliphatic rings. The third-order valence-electron chi connectivity index (χ3n) is 7.33. The summed E-state index contributed by atoms with van der Waals surface area (Å²) in [4.78, 5) is 25.5. The summed E-state index contributed by atoms with van der Waals surface area (Å²) < 4.78 is 16.3. The highest BCUT2D eigenvalue weighted by atomic mass is 16.6. The number of allylic oxidation sites excluding steroid dienone is 1. The zero-order valence-electron chi connectivity index (χ0n) is 14.6. The van der Waals surface area contributed by atoms with Crippen LogP contribution in [0.15, 0.2) is 34.7 Å². The molecular formula is C20H22O6. The number of furan rings is 1. The molecule has 3 fully saturated rings. The van der Waals surface area contributed by atoms with Gasteiger partial charge in [0.25, 0.3) is 0 Å². The van der Waals surface area contributed by atoms with Crippen LogP contribution in [0, 0.1) is 22.7 Å². The Morgan fingerprint density at radius 2 is 2.12 bits per heavy atom. The van der Waals surface area contributed by atoms with Crippen LogP contribution in [0.1, 0.15) is 44.3 Å². The standard InChI is InChI=1S/C20H22O6/c1-11-7-16(21)20-10-25-17(22)13(20)3-2-4-15(20)19(11)8-14(26-18(19)23)12-5-6-24-9-12/h3,5-6,9,11,14-16,21H,2,4,7-8,10H2,1H3/t11-,14+,15-,16+,19-,20+/m1/s1. The summed E-state index contributed by atoms with van der Waals surface area (Å²) in [5, 5.41) is 11.0. The molecule has 2 aliphatic carbocycles. The molecule has 0 bridgehead atoms. The van der Waals surface area contributed by atoms with Gasteiger partial charge in [0.1, 0.15) is 12.7 Å². The Hall–Kier alpha value is -2.08. The number of ether oxygens (including phenoxy) is 2. The first-order valence-corrected chi connectivity index (χ1v) is 9.29. The van der Waals surface area contributed by atoms with Crippen molar-refractivity contribution in [3.05, 3.63) is 35.8 Å². The second-order valence-electron chi connectivity index (χ2n) is 8.21. The topological polar surface area (TPSA) is 86.0 Å². The second-order valence-corrected chi connectivity index (χ2v) is 8.21. The molecule has 138 valence electrons. The number of carbonyl (C=O) groups excluding carboxylic acids is 2. The molecule has 1 N–H and O–H groups in total. The number of carbonyl (C=O) groups is 2. The first kappa shape index (κ1) is 16.1. The predicted octanol–water partition coefficient (Wildman–Crippen LogP) is 2.53. The van der Waals surface area contributed by atoms with Crippen molar-refractivity contribution in [2.45, 2.75) is 44.8 Å². The highest BCUT2D eigenvalue weighted by Crippen LogP contribution is 2.67. The molecule has 26 heavy (non-hydrogen) atoms. The summed E-state index contributed by atoms with van der Waals surface area (Å²) in [6, 6.07) is 1.82. The van der Waals surface area contributed by atoms with Crippen LogP contribution in [0.5, 0.6) is 0 Å². The Morgan fingerprint density at radius 1 is 1.27 bits per heavy atom. The van der Waals surface area contributed by atoms with E-state index in [9.17, 15) is 14.7 Å². The maximum atomic E-state index is 13.2. The fourth-order valence-corrected chi connectivity index (χ4v) is 6.07. The van der Waals surface area contributed by atoms with Crippen molar-refractivity contribution in [3.63, 3.8) is 0 Å². The van der Waals surface area contributed by atoms with Crippen molar-refractivity contribution in [2.75, 3.05) is 6.61 Å². The van der Waals surface area contributed by atoms with E-state index in [0.29, 0.717) is 24.8 Å². The largest absolute Gasteiger partial charge is 0.472 e. The molecule has 1 saturated carbocycles. The molecule has 0 unspecified atom stereocenters. The van der Waals surface area contributed by atoms with Crippen molar-refractivity contribution in [3.8, 4) is 0 Å². The average Bonchev–Trinajstić information content (AvgIpc) is 3.33. The van der Waals surface area contributed by atoms with E-state index in [4.69, 9.17) is 13.9 Å². The van der Waals surface area contributed by atoms with Crippen LogP contribution in [0.4, 0.5) is 0 Å². The molecule has 6 nitrogen and oxygen atoms in total. The van der Waals surface area contributed by atoms with Gasteiger partial charge in [-0.25, -0.2) is 4.79 Å². The number of esters is 2. The van der Waals surface area contributed by atoms with Crippen molar-refractivity contribution in [2.24, 2.45) is 22.7 Å². The molecule has 0 amide bonds. The van der Waals surface area contributed by atoms with E-state index in [2.05, 4.69) is 0 Å². The van der Waals surface area contributed by atoms with Crippen LogP contribution in [-0.4, -0.2) is 29.8 Å². The monoisotopic (exact) mass is 358 g/mol. The van der Waals surface area contributed by atoms with Crippen LogP contribution in [0.2, 0.25) is 0 Å². The van der Waals surface area contributed by atoms with Gasteiger partial charge in [0.15, 0.2) is 0 Å². The fourth-order valence-electron chi connectivity index (χ4n) is 6.07. The van der Waals surface area contributed by atoms with Crippen LogP contribution in [0.25, 0.3) is 0 Å². The fraction of sp³-hybridized carbons (Fsp3) is 0.600. The molecule has 1 aromatic heterocycles. The van der Waals surface area contributed by atoms with Gasteiger partial charge in [0, 0.05) is 17.6 Å². The zero-order valence-corrected chi connectivity index (χ0v) is 14.6. The van der Waals surface area contributed by atoms with Crippen LogP contribution in [-0.2, 0) is 19.1 Å². The number of aliphatic hydroxyl groups is 1. The smallest absolute Gasteiger partial charge is 0.334 e. The Kier molecular flexibility index (Phi) is 3.24. The summed E-state index contributed by atoms with van der Waals surface area (Å²) in [6.07, 6.45) is 6.52. The molecule has 2 spiro atoms. The molecule has 0 radical (unpaired) electrons. The van der Waals surface area contributed by atoms with Gasteiger partial charge in [-0.05, 0) is 37.2 Å². The predicted molar refractivity (Wildman–Crippen MR) is 88.6 cm³/mol. The van der Waals surface area contributed by atoms with Gasteiger partial charge in [-0.2, -0.15) is 0 Å². The second kappa shape index (κ2) is 5.22. The van der Waals surface area contributed by atoms with Gasteiger partial charge in [-0.3, -0.25) is 4.79 Å². The Balaban J connectivity index is 1.62. The normalized spacial score (nSPS) is 44.3. The Bertz CT molecular complexity index is 795. The van der Waals surface area contributed by atoms with Crippen LogP contribution < -0.4 is 0 Å². The number of fused-ring (bicyclic) bond motifs is 1. The van der Waals surface area contributed by atoms with Crippen molar-refractivity contribution in [1.82, 2.24) is 0 Å². The molecule has 3 heterocycles. The molecule has 0 aromatic carbocycles. The number of rotatable bonds is 1. The lowest BCUT2D eigenvalue weighted by Crippen LogP contribution is -2.60. The maximum Gasteiger partial charge on any atom is 0.334 e. The first-order chi connectivity index (χ1) is 12.5. The summed E-state index contributed by atoms with van der Waals surface area (Å²) in [5.74, 6) is -0.763. The summed E-state index contributed by atoms with van der Waals surface area (Å²) in [5.41, 5.74) is -0.0825. The van der Waals surface area contributed by atoms with Crippen LogP contribution >= 0.6 is 0 Å². The lowest BCUT2D eigenvalue weighted by atomic mass is 9.45. The molecule has 6 heteroatoms. The van der Waals surface area contributed by atoms with E-state index >= 15 is 0 Å². The van der Waals surface area contributed by atoms with E-state index in [-0.39, 0.29) is 36.5 Å². The highest BCUT2D eigenvalue weighted by molar-refractivity contribution is 5.93. The number of aliphatic hydroxyl groups excluding tert-OH is 1. The van der Waals surface area contributed by atoms with Gasteiger partial charge in [0.2, 0.25) is 0 Å². The van der Waals surface area contributed by atoms with Crippen LogP contribution in [0.3, 0.4) is 0 Å². The van der Waals surface area contributed by atoms with Crippen molar-refractivity contribution >= 4 is 11.9 Å². The van der Waals surface area contributed by atoms with Gasteiger partial charge >= 0.3 is 11.9 Å². The highest BCUT2D eigenvalue weighted by Gasteiger charge is 2.71. The van der Waals surface area contributed by atoms with Gasteiger partial charge in [-0.1, -0.05) is 13.0 Å². The summed E-state index contributed by atoms with van der Waals surface area (Å²) in [7, 11) is 0. The summed E-state index contributed by atoms with van der Waals surface area (Å²) >= 11 is 0. The van der Waals surface area contributed by atoms with Gasteiger partial charge in [0.05, 0.1) is 29.5 Å². The minimum absolute atomic E-state index is 0.0346. The molecular weight excluding hydrogens is 336 g/mol. The third kappa shape index (κ3) is 1.76. The third-order valence-corrected chi connectivity index (χ3v) is 7.33. The SMILES string of the molecule is C[C@@H]1C[C@H](O)[C@@]23COC(=O)C2=CCC[C@@H]3[C@@]12C[C@@H](c1ccoc1)OC2=O. The lowest BCUT2D eigenvalue weighted by molar-refractivity contribution is -0.174. The molecule has 5 rings (SSSR count). The number of hydrogen-bond donors (Lipinski definition) is 1. The maximum absolute atomic E-state index is 13.2. The van der Waals surface area contributed by atoms with E-state index < -0.39 is 16.9 Å². The van der Waals surface area contributed by atoms with Crippen molar-refractivity contribution < 1.29 is 28.6 Å². The molecule has 2 saturated heterocycles. The lowest BCUT2D eigenvalue weighted by Gasteiger charge is -2.56. The van der Waals surface area contributed by atoms with Crippen molar-refractivity contribution in [1.29, 1.82) is 0 Å². The van der Waals surface area contributed by atoms with E-state index in [0.717, 1.165) is 12.0 Å². The number of cyclic esters (lactones) is 2. The Morgan fingerprint density at radius 3 is 2.88 bits per heavy atom.